The smallest absolute Gasteiger partial charge is 0.273 e. The molecule has 3 rings (SSSR count). The first kappa shape index (κ1) is 13.1. The average molecular weight is 290 g/mol. The molecule has 1 unspecified atom stereocenters. The van der Waals surface area contributed by atoms with Crippen molar-refractivity contribution < 1.29 is 9.53 Å². The molecular formula is C13H14N4O2S. The van der Waals surface area contributed by atoms with Crippen LogP contribution in [0.5, 0.6) is 0 Å². The third-order valence-electron chi connectivity index (χ3n) is 3.11. The first-order valence-corrected chi connectivity index (χ1v) is 7.27. The van der Waals surface area contributed by atoms with Gasteiger partial charge in [-0.3, -0.25) is 4.79 Å². The van der Waals surface area contributed by atoms with E-state index in [2.05, 4.69) is 15.0 Å². The van der Waals surface area contributed by atoms with E-state index in [4.69, 9.17) is 4.74 Å². The lowest BCUT2D eigenvalue weighted by Gasteiger charge is -2.31. The fraction of sp³-hybridized carbons (Fsp3) is 0.385. The minimum Gasteiger partial charge on any atom is -0.367 e. The highest BCUT2D eigenvalue weighted by molar-refractivity contribution is 7.07. The van der Waals surface area contributed by atoms with Crippen LogP contribution in [-0.4, -0.2) is 45.5 Å². The number of hydrogen-bond acceptors (Lipinski definition) is 6. The van der Waals surface area contributed by atoms with Gasteiger partial charge < -0.3 is 9.64 Å². The fourth-order valence-corrected chi connectivity index (χ4v) is 2.62. The molecule has 0 radical (unpaired) electrons. The number of thiazole rings is 1. The zero-order valence-corrected chi connectivity index (χ0v) is 11.8. The zero-order chi connectivity index (χ0) is 13.9. The Balaban J connectivity index is 1.75. The van der Waals surface area contributed by atoms with E-state index in [9.17, 15) is 4.79 Å². The molecular weight excluding hydrogens is 276 g/mol. The fourth-order valence-electron chi connectivity index (χ4n) is 2.09. The zero-order valence-electron chi connectivity index (χ0n) is 11.0. The molecule has 2 aromatic rings. The quantitative estimate of drug-likeness (QED) is 0.837. The van der Waals surface area contributed by atoms with Gasteiger partial charge in [-0.2, -0.15) is 0 Å². The van der Waals surface area contributed by atoms with Crippen molar-refractivity contribution >= 4 is 17.2 Å². The predicted octanol–water partition coefficient (Wildman–Crippen LogP) is 1.46. The van der Waals surface area contributed by atoms with Crippen molar-refractivity contribution in [3.63, 3.8) is 0 Å². The van der Waals surface area contributed by atoms with Crippen LogP contribution in [0.2, 0.25) is 0 Å². The summed E-state index contributed by atoms with van der Waals surface area (Å²) in [7, 11) is 0. The molecule has 1 aliphatic rings. The molecule has 0 bridgehead atoms. The van der Waals surface area contributed by atoms with Gasteiger partial charge in [-0.05, 0) is 13.0 Å². The van der Waals surface area contributed by atoms with Gasteiger partial charge in [-0.1, -0.05) is 0 Å². The monoisotopic (exact) mass is 290 g/mol. The minimum absolute atomic E-state index is 0.0628. The van der Waals surface area contributed by atoms with E-state index >= 15 is 0 Å². The first-order chi connectivity index (χ1) is 9.74. The van der Waals surface area contributed by atoms with Crippen LogP contribution in [0.4, 0.5) is 0 Å². The molecule has 0 aliphatic carbocycles. The van der Waals surface area contributed by atoms with Gasteiger partial charge in [0, 0.05) is 23.8 Å². The Morgan fingerprint density at radius 2 is 2.40 bits per heavy atom. The van der Waals surface area contributed by atoms with Crippen molar-refractivity contribution in [3.8, 4) is 0 Å². The number of aryl methyl sites for hydroxylation is 1. The van der Waals surface area contributed by atoms with E-state index in [1.807, 2.05) is 13.0 Å². The van der Waals surface area contributed by atoms with Gasteiger partial charge in [0.25, 0.3) is 5.91 Å². The maximum Gasteiger partial charge on any atom is 0.273 e. The third-order valence-corrected chi connectivity index (χ3v) is 3.69. The maximum absolute atomic E-state index is 12.3. The summed E-state index contributed by atoms with van der Waals surface area (Å²) in [6.45, 7) is 3.42. The molecule has 0 spiro atoms. The van der Waals surface area contributed by atoms with Crippen LogP contribution in [0.1, 0.15) is 28.1 Å². The highest BCUT2D eigenvalue weighted by atomic mass is 32.1. The molecule has 2 aromatic heterocycles. The number of nitrogens with zero attached hydrogens (tertiary/aromatic N) is 4. The predicted molar refractivity (Wildman–Crippen MR) is 73.5 cm³/mol. The highest BCUT2D eigenvalue weighted by Crippen LogP contribution is 2.20. The Morgan fingerprint density at radius 3 is 3.15 bits per heavy atom. The van der Waals surface area contributed by atoms with Crippen LogP contribution in [0, 0.1) is 6.92 Å². The lowest BCUT2D eigenvalue weighted by Crippen LogP contribution is -2.42. The number of aromatic nitrogens is 3. The molecule has 20 heavy (non-hydrogen) atoms. The average Bonchev–Trinajstić information content (AvgIpc) is 3.01. The lowest BCUT2D eigenvalue weighted by molar-refractivity contribution is -0.0270. The molecule has 1 atom stereocenters. The molecule has 1 amide bonds. The van der Waals surface area contributed by atoms with Gasteiger partial charge in [0.1, 0.15) is 11.8 Å². The van der Waals surface area contributed by atoms with Gasteiger partial charge >= 0.3 is 0 Å². The van der Waals surface area contributed by atoms with E-state index in [1.54, 1.807) is 22.0 Å². The number of carbonyl (C=O) groups excluding carboxylic acids is 1. The standard InChI is InChI=1S/C13H14N4O2S/c1-9-2-3-14-12(16-9)11-6-17(4-5-19-11)13(18)10-7-20-8-15-10/h2-3,7-8,11H,4-6H2,1H3. The van der Waals surface area contributed by atoms with Gasteiger partial charge in [0.15, 0.2) is 5.82 Å². The molecule has 3 heterocycles. The Labute approximate surface area is 120 Å². The van der Waals surface area contributed by atoms with E-state index in [0.29, 0.717) is 31.2 Å². The molecule has 1 saturated heterocycles. The Hall–Kier alpha value is -1.86. The van der Waals surface area contributed by atoms with Crippen molar-refractivity contribution in [1.29, 1.82) is 0 Å². The molecule has 104 valence electrons. The van der Waals surface area contributed by atoms with Crippen molar-refractivity contribution in [2.24, 2.45) is 0 Å². The molecule has 0 saturated carbocycles. The van der Waals surface area contributed by atoms with Gasteiger partial charge in [-0.15, -0.1) is 11.3 Å². The van der Waals surface area contributed by atoms with Crippen LogP contribution in [0.3, 0.4) is 0 Å². The summed E-state index contributed by atoms with van der Waals surface area (Å²) in [6.07, 6.45) is 1.44. The topological polar surface area (TPSA) is 68.2 Å². The van der Waals surface area contributed by atoms with Crippen LogP contribution in [0.15, 0.2) is 23.2 Å². The summed E-state index contributed by atoms with van der Waals surface area (Å²) in [5, 5.41) is 1.76. The maximum atomic E-state index is 12.3. The Morgan fingerprint density at radius 1 is 1.50 bits per heavy atom. The number of hydrogen-bond donors (Lipinski definition) is 0. The number of morpholine rings is 1. The van der Waals surface area contributed by atoms with Crippen molar-refractivity contribution in [3.05, 3.63) is 40.4 Å². The van der Waals surface area contributed by atoms with Crippen LogP contribution < -0.4 is 0 Å². The second-order valence-corrected chi connectivity index (χ2v) is 5.26. The normalized spacial score (nSPS) is 19.1. The van der Waals surface area contributed by atoms with Crippen molar-refractivity contribution in [2.75, 3.05) is 19.7 Å². The van der Waals surface area contributed by atoms with Gasteiger partial charge in [0.05, 0.1) is 18.7 Å². The first-order valence-electron chi connectivity index (χ1n) is 6.32. The van der Waals surface area contributed by atoms with Gasteiger partial charge in [0.2, 0.25) is 0 Å². The number of carbonyl (C=O) groups is 1. The third kappa shape index (κ3) is 2.68. The summed E-state index contributed by atoms with van der Waals surface area (Å²) in [4.78, 5) is 26.7. The van der Waals surface area contributed by atoms with Crippen molar-refractivity contribution in [2.45, 2.75) is 13.0 Å². The summed E-state index contributed by atoms with van der Waals surface area (Å²) in [5.74, 6) is 0.563. The van der Waals surface area contributed by atoms with E-state index in [-0.39, 0.29) is 12.0 Å². The summed E-state index contributed by atoms with van der Waals surface area (Å²) >= 11 is 1.42. The van der Waals surface area contributed by atoms with Crippen molar-refractivity contribution in [1.82, 2.24) is 19.9 Å². The lowest BCUT2D eigenvalue weighted by atomic mass is 10.2. The molecule has 1 fully saturated rings. The Bertz CT molecular complexity index is 602. The van der Waals surface area contributed by atoms with E-state index in [1.165, 1.54) is 11.3 Å². The second kappa shape index (κ2) is 5.64. The summed E-state index contributed by atoms with van der Waals surface area (Å²) < 4.78 is 5.68. The minimum atomic E-state index is -0.272. The molecule has 6 nitrogen and oxygen atoms in total. The Kier molecular flexibility index (Phi) is 3.70. The second-order valence-electron chi connectivity index (χ2n) is 4.54. The van der Waals surface area contributed by atoms with Gasteiger partial charge in [-0.25, -0.2) is 15.0 Å². The highest BCUT2D eigenvalue weighted by Gasteiger charge is 2.28. The van der Waals surface area contributed by atoms with E-state index < -0.39 is 0 Å². The van der Waals surface area contributed by atoms with E-state index in [0.717, 1.165) is 5.69 Å². The SMILES string of the molecule is Cc1ccnc(C2CN(C(=O)c3cscn3)CCO2)n1. The number of ether oxygens (including phenoxy) is 1. The number of rotatable bonds is 2. The van der Waals surface area contributed by atoms with Crippen LogP contribution in [0.25, 0.3) is 0 Å². The number of amides is 1. The van der Waals surface area contributed by atoms with Crippen LogP contribution >= 0.6 is 11.3 Å². The largest absolute Gasteiger partial charge is 0.367 e. The molecule has 0 aromatic carbocycles. The summed E-state index contributed by atoms with van der Waals surface area (Å²) in [6, 6.07) is 1.84. The molecule has 7 heteroatoms. The van der Waals surface area contributed by atoms with Crippen LogP contribution in [-0.2, 0) is 4.74 Å². The molecule has 1 aliphatic heterocycles. The molecule has 0 N–H and O–H groups in total. The summed E-state index contributed by atoms with van der Waals surface area (Å²) in [5.41, 5.74) is 3.04.